The maximum absolute atomic E-state index is 12.1. The van der Waals surface area contributed by atoms with Crippen molar-refractivity contribution >= 4 is 22.9 Å². The third kappa shape index (κ3) is 3.35. The quantitative estimate of drug-likeness (QED) is 0.735. The number of nitrogens with one attached hydrogen (secondary N) is 1. The van der Waals surface area contributed by atoms with Crippen LogP contribution in [0, 0.1) is 0 Å². The van der Waals surface area contributed by atoms with Gasteiger partial charge in [-0.1, -0.05) is 18.2 Å². The first-order chi connectivity index (χ1) is 10.7. The predicted molar refractivity (Wildman–Crippen MR) is 86.5 cm³/mol. The highest BCUT2D eigenvalue weighted by atomic mass is 32.1. The first kappa shape index (κ1) is 14.3. The first-order valence-corrected chi connectivity index (χ1v) is 7.67. The fourth-order valence-corrected chi connectivity index (χ4v) is 2.79. The Kier molecular flexibility index (Phi) is 4.20. The van der Waals surface area contributed by atoms with Crippen LogP contribution in [0.2, 0.25) is 0 Å². The van der Waals surface area contributed by atoms with E-state index in [1.807, 2.05) is 54.9 Å². The number of aromatic nitrogens is 1. The highest BCUT2D eigenvalue weighted by Gasteiger charge is 2.11. The minimum absolute atomic E-state index is 0.109. The largest absolute Gasteiger partial charge is 0.462 e. The zero-order valence-corrected chi connectivity index (χ0v) is 12.8. The summed E-state index contributed by atoms with van der Waals surface area (Å²) in [6.45, 7) is 0. The summed E-state index contributed by atoms with van der Waals surface area (Å²) in [5, 5.41) is 4.35. The molecule has 0 aliphatic carbocycles. The molecule has 22 heavy (non-hydrogen) atoms. The number of carbonyl (C=O) groups excluding carboxylic acids is 1. The number of rotatable bonds is 5. The second kappa shape index (κ2) is 6.44. The molecule has 112 valence electrons. The lowest BCUT2D eigenvalue weighted by Crippen LogP contribution is -2.40. The number of furan rings is 1. The van der Waals surface area contributed by atoms with Crippen LogP contribution in [0.25, 0.3) is 10.8 Å². The molecule has 3 rings (SSSR count). The van der Waals surface area contributed by atoms with Gasteiger partial charge in [0.25, 0.3) is 0 Å². The van der Waals surface area contributed by atoms with E-state index in [9.17, 15) is 4.79 Å². The Balaban J connectivity index is 1.60. The maximum Gasteiger partial charge on any atom is 0.244 e. The summed E-state index contributed by atoms with van der Waals surface area (Å²) in [6, 6.07) is 13.3. The molecule has 1 amide bonds. The van der Waals surface area contributed by atoms with Crippen LogP contribution in [0.1, 0.15) is 5.69 Å². The molecule has 5 nitrogen and oxygen atoms in total. The van der Waals surface area contributed by atoms with Crippen molar-refractivity contribution in [1.29, 1.82) is 0 Å². The SMILES string of the molecule is CN(NC(=O)Cc1csc(-c2ccco2)n1)c1ccccc1. The molecule has 0 aliphatic rings. The van der Waals surface area contributed by atoms with Gasteiger partial charge >= 0.3 is 0 Å². The molecule has 0 aliphatic heterocycles. The van der Waals surface area contributed by atoms with E-state index in [0.717, 1.165) is 22.1 Å². The fraction of sp³-hybridized carbons (Fsp3) is 0.125. The van der Waals surface area contributed by atoms with Crippen LogP contribution in [0.15, 0.2) is 58.5 Å². The van der Waals surface area contributed by atoms with Crippen LogP contribution in [0.4, 0.5) is 5.69 Å². The van der Waals surface area contributed by atoms with Gasteiger partial charge in [0.1, 0.15) is 0 Å². The van der Waals surface area contributed by atoms with E-state index >= 15 is 0 Å². The fourth-order valence-electron chi connectivity index (χ4n) is 2.01. The molecule has 0 saturated heterocycles. The van der Waals surface area contributed by atoms with Gasteiger partial charge in [0.05, 0.1) is 24.1 Å². The van der Waals surface area contributed by atoms with Crippen LogP contribution in [-0.4, -0.2) is 17.9 Å². The van der Waals surface area contributed by atoms with Gasteiger partial charge in [0.15, 0.2) is 10.8 Å². The highest BCUT2D eigenvalue weighted by molar-refractivity contribution is 7.13. The van der Waals surface area contributed by atoms with Crippen molar-refractivity contribution in [2.75, 3.05) is 12.1 Å². The second-order valence-electron chi connectivity index (χ2n) is 4.73. The molecule has 2 heterocycles. The average Bonchev–Trinajstić information content (AvgIpc) is 3.19. The average molecular weight is 313 g/mol. The number of anilines is 1. The van der Waals surface area contributed by atoms with Crippen molar-refractivity contribution in [2.45, 2.75) is 6.42 Å². The summed E-state index contributed by atoms with van der Waals surface area (Å²) in [6.07, 6.45) is 1.84. The van der Waals surface area contributed by atoms with Crippen molar-refractivity contribution in [3.05, 3.63) is 59.8 Å². The van der Waals surface area contributed by atoms with Crippen molar-refractivity contribution in [1.82, 2.24) is 10.4 Å². The Bertz CT molecular complexity index is 738. The van der Waals surface area contributed by atoms with Gasteiger partial charge in [0.2, 0.25) is 5.91 Å². The number of benzene rings is 1. The van der Waals surface area contributed by atoms with E-state index < -0.39 is 0 Å². The Hall–Kier alpha value is -2.60. The van der Waals surface area contributed by atoms with Crippen LogP contribution >= 0.6 is 11.3 Å². The molecule has 1 N–H and O–H groups in total. The number of para-hydroxylation sites is 1. The normalized spacial score (nSPS) is 10.4. The van der Waals surface area contributed by atoms with E-state index in [1.165, 1.54) is 11.3 Å². The molecule has 0 spiro atoms. The van der Waals surface area contributed by atoms with E-state index in [-0.39, 0.29) is 12.3 Å². The first-order valence-electron chi connectivity index (χ1n) is 6.79. The van der Waals surface area contributed by atoms with Gasteiger partial charge in [-0.05, 0) is 24.3 Å². The number of hydrogen-bond acceptors (Lipinski definition) is 5. The van der Waals surface area contributed by atoms with Gasteiger partial charge in [0, 0.05) is 12.4 Å². The molecule has 0 unspecified atom stereocenters. The summed E-state index contributed by atoms with van der Waals surface area (Å²) >= 11 is 1.47. The number of thiazole rings is 1. The molecule has 2 aromatic heterocycles. The van der Waals surface area contributed by atoms with Crippen molar-refractivity contribution < 1.29 is 9.21 Å². The molecule has 6 heteroatoms. The summed E-state index contributed by atoms with van der Waals surface area (Å²) in [5.74, 6) is 0.612. The zero-order valence-electron chi connectivity index (χ0n) is 12.0. The summed E-state index contributed by atoms with van der Waals surface area (Å²) < 4.78 is 5.30. The van der Waals surface area contributed by atoms with Crippen LogP contribution in [-0.2, 0) is 11.2 Å². The number of carbonyl (C=O) groups is 1. The van der Waals surface area contributed by atoms with E-state index in [4.69, 9.17) is 4.42 Å². The lowest BCUT2D eigenvalue weighted by molar-refractivity contribution is -0.120. The molecule has 0 atom stereocenters. The minimum Gasteiger partial charge on any atom is -0.462 e. The Morgan fingerprint density at radius 3 is 2.82 bits per heavy atom. The van der Waals surface area contributed by atoms with Crippen molar-refractivity contribution in [3.63, 3.8) is 0 Å². The number of amides is 1. The van der Waals surface area contributed by atoms with Gasteiger partial charge in [-0.2, -0.15) is 0 Å². The smallest absolute Gasteiger partial charge is 0.244 e. The van der Waals surface area contributed by atoms with Gasteiger partial charge in [-0.25, -0.2) is 4.98 Å². The van der Waals surface area contributed by atoms with Crippen LogP contribution in [0.5, 0.6) is 0 Å². The minimum atomic E-state index is -0.109. The standard InChI is InChI=1S/C16H15N3O2S/c1-19(13-6-3-2-4-7-13)18-15(20)10-12-11-22-16(17-12)14-8-5-9-21-14/h2-9,11H,10H2,1H3,(H,18,20). The summed E-state index contributed by atoms with van der Waals surface area (Å²) in [7, 11) is 1.81. The Morgan fingerprint density at radius 1 is 1.27 bits per heavy atom. The van der Waals surface area contributed by atoms with Gasteiger partial charge in [-0.3, -0.25) is 15.2 Å². The van der Waals surface area contributed by atoms with Crippen molar-refractivity contribution in [3.8, 4) is 10.8 Å². The molecule has 3 aromatic rings. The highest BCUT2D eigenvalue weighted by Crippen LogP contribution is 2.24. The van der Waals surface area contributed by atoms with Crippen LogP contribution < -0.4 is 10.4 Å². The molecule has 0 saturated carbocycles. The Labute approximate surface area is 132 Å². The molecule has 0 radical (unpaired) electrons. The number of hydrogen-bond donors (Lipinski definition) is 1. The number of hydrazine groups is 1. The van der Waals surface area contributed by atoms with E-state index in [0.29, 0.717) is 0 Å². The lowest BCUT2D eigenvalue weighted by atomic mass is 10.3. The second-order valence-corrected chi connectivity index (χ2v) is 5.59. The summed E-state index contributed by atoms with van der Waals surface area (Å²) in [4.78, 5) is 16.5. The molecule has 0 bridgehead atoms. The van der Waals surface area contributed by atoms with Crippen molar-refractivity contribution in [2.24, 2.45) is 0 Å². The van der Waals surface area contributed by atoms with E-state index in [2.05, 4.69) is 10.4 Å². The predicted octanol–water partition coefficient (Wildman–Crippen LogP) is 3.11. The van der Waals surface area contributed by atoms with Gasteiger partial charge < -0.3 is 4.42 Å². The monoisotopic (exact) mass is 313 g/mol. The maximum atomic E-state index is 12.1. The molecular weight excluding hydrogens is 298 g/mol. The zero-order chi connectivity index (χ0) is 15.4. The topological polar surface area (TPSA) is 58.4 Å². The number of nitrogens with zero attached hydrogens (tertiary/aromatic N) is 2. The van der Waals surface area contributed by atoms with Gasteiger partial charge in [-0.15, -0.1) is 11.3 Å². The Morgan fingerprint density at radius 2 is 2.09 bits per heavy atom. The molecular formula is C16H15N3O2S. The molecule has 1 aromatic carbocycles. The third-order valence-corrected chi connectivity index (χ3v) is 3.97. The summed E-state index contributed by atoms with van der Waals surface area (Å²) in [5.41, 5.74) is 4.48. The lowest BCUT2D eigenvalue weighted by Gasteiger charge is -2.19. The van der Waals surface area contributed by atoms with Crippen LogP contribution in [0.3, 0.4) is 0 Å². The third-order valence-electron chi connectivity index (χ3n) is 3.06. The van der Waals surface area contributed by atoms with E-state index in [1.54, 1.807) is 11.3 Å². The molecule has 0 fully saturated rings.